The highest BCUT2D eigenvalue weighted by Gasteiger charge is 2.35. The molecule has 2 unspecified atom stereocenters. The van der Waals surface area contributed by atoms with Gasteiger partial charge < -0.3 is 33.7 Å². The Labute approximate surface area is 345 Å². The van der Waals surface area contributed by atoms with Gasteiger partial charge in [-0.2, -0.15) is 5.10 Å². The van der Waals surface area contributed by atoms with Gasteiger partial charge in [0.1, 0.15) is 53.6 Å². The van der Waals surface area contributed by atoms with E-state index in [9.17, 15) is 18.4 Å². The molecule has 314 valence electrons. The Morgan fingerprint density at radius 2 is 1.32 bits per heavy atom. The molecule has 10 rings (SSSR count). The van der Waals surface area contributed by atoms with Crippen molar-refractivity contribution in [3.63, 3.8) is 0 Å². The number of hydrogen-bond acceptors (Lipinski definition) is 12. The van der Waals surface area contributed by atoms with E-state index >= 15 is 8.78 Å². The van der Waals surface area contributed by atoms with Crippen molar-refractivity contribution >= 4 is 45.1 Å². The Balaban J connectivity index is 0.761. The summed E-state index contributed by atoms with van der Waals surface area (Å²) in [6.45, 7) is 0.916. The number of aromatic nitrogens is 8. The molecule has 4 aromatic carbocycles. The van der Waals surface area contributed by atoms with Gasteiger partial charge in [0.05, 0.1) is 40.6 Å². The molecule has 2 amide bonds. The lowest BCUT2D eigenvalue weighted by Gasteiger charge is -2.14. The van der Waals surface area contributed by atoms with Crippen LogP contribution in [0.3, 0.4) is 0 Å². The van der Waals surface area contributed by atoms with Crippen LogP contribution in [0.5, 0.6) is 11.5 Å². The fraction of sp³-hybridized carbons (Fsp3) is 0.220. The largest absolute Gasteiger partial charge is 0.487 e. The molecule has 4 N–H and O–H groups in total. The third-order valence-electron chi connectivity index (χ3n) is 10.7. The number of carbonyl (C=O) groups excluding carboxylic acids is 2. The van der Waals surface area contributed by atoms with Gasteiger partial charge in [-0.05, 0) is 71.8 Å². The number of tetrazole rings is 2. The molecule has 8 aromatic rings. The minimum atomic E-state index is -0.720. The van der Waals surface area contributed by atoms with Crippen LogP contribution in [0.15, 0.2) is 82.0 Å². The molecule has 1 saturated heterocycles. The number of fused-ring (bicyclic) bond motifs is 2. The maximum Gasteiger partial charge on any atom is 0.316 e. The maximum absolute atomic E-state index is 15.6. The van der Waals surface area contributed by atoms with Gasteiger partial charge in [-0.15, -0.1) is 5.10 Å². The van der Waals surface area contributed by atoms with E-state index in [0.29, 0.717) is 38.9 Å². The third-order valence-corrected chi connectivity index (χ3v) is 10.7. The lowest BCUT2D eigenvalue weighted by atomic mass is 10.1. The lowest BCUT2D eigenvalue weighted by Crippen LogP contribution is -2.43. The molecule has 0 bridgehead atoms. The van der Waals surface area contributed by atoms with Crippen LogP contribution in [0, 0.1) is 23.3 Å². The van der Waals surface area contributed by atoms with E-state index in [1.165, 1.54) is 53.7 Å². The molecule has 21 heteroatoms. The normalized spacial score (nSPS) is 17.5. The number of nitrogens with one attached hydrogen (secondary N) is 4. The average molecular weight is 852 g/mol. The van der Waals surface area contributed by atoms with E-state index in [1.54, 1.807) is 0 Å². The second-order valence-electron chi connectivity index (χ2n) is 14.7. The highest BCUT2D eigenvalue weighted by molar-refractivity contribution is 6.13. The highest BCUT2D eigenvalue weighted by atomic mass is 19.1. The van der Waals surface area contributed by atoms with Gasteiger partial charge in [0.2, 0.25) is 0 Å². The van der Waals surface area contributed by atoms with Gasteiger partial charge in [-0.25, -0.2) is 22.7 Å². The molecule has 3 atom stereocenters. The second kappa shape index (κ2) is 15.7. The van der Waals surface area contributed by atoms with E-state index in [-0.39, 0.29) is 90.9 Å². The maximum atomic E-state index is 15.6. The number of hydrogen-bond donors (Lipinski definition) is 4. The van der Waals surface area contributed by atoms with Gasteiger partial charge >= 0.3 is 5.82 Å². The van der Waals surface area contributed by atoms with Crippen molar-refractivity contribution in [3.05, 3.63) is 108 Å². The first-order valence-electron chi connectivity index (χ1n) is 19.3. The molecule has 1 saturated carbocycles. The van der Waals surface area contributed by atoms with E-state index < -0.39 is 41.2 Å². The first-order chi connectivity index (χ1) is 30.1. The van der Waals surface area contributed by atoms with Gasteiger partial charge in [0.15, 0.2) is 34.2 Å². The van der Waals surface area contributed by atoms with Crippen LogP contribution >= 0.6 is 0 Å². The van der Waals surface area contributed by atoms with Gasteiger partial charge in [-0.1, -0.05) is 4.80 Å². The van der Waals surface area contributed by atoms with Gasteiger partial charge in [0.25, 0.3) is 11.8 Å². The van der Waals surface area contributed by atoms with Crippen molar-refractivity contribution in [3.8, 4) is 34.3 Å². The van der Waals surface area contributed by atoms with Crippen LogP contribution in [0.1, 0.15) is 52.4 Å². The molecular formula is C41H31F4N10O7+. The molecule has 17 nitrogen and oxygen atoms in total. The molecule has 62 heavy (non-hydrogen) atoms. The van der Waals surface area contributed by atoms with Crippen LogP contribution in [0.4, 0.5) is 28.9 Å². The average Bonchev–Trinajstić information content (AvgIpc) is 4.11. The van der Waals surface area contributed by atoms with E-state index in [0.717, 1.165) is 24.3 Å². The fourth-order valence-electron chi connectivity index (χ4n) is 7.56. The van der Waals surface area contributed by atoms with E-state index in [1.807, 2.05) is 0 Å². The van der Waals surface area contributed by atoms with E-state index in [4.69, 9.17) is 23.0 Å². The Bertz CT molecular complexity index is 3000. The molecule has 1 aliphatic heterocycles. The number of amides is 2. The number of anilines is 2. The van der Waals surface area contributed by atoms with Crippen molar-refractivity contribution in [1.29, 1.82) is 0 Å². The number of nitrogens with zero attached hydrogens (tertiary/aromatic N) is 6. The monoisotopic (exact) mass is 851 g/mol. The van der Waals surface area contributed by atoms with Crippen LogP contribution < -0.4 is 24.9 Å². The Morgan fingerprint density at radius 1 is 0.710 bits per heavy atom. The fourth-order valence-corrected chi connectivity index (χ4v) is 7.56. The topological polar surface area (TPSA) is 212 Å². The van der Waals surface area contributed by atoms with Gasteiger partial charge in [0, 0.05) is 47.1 Å². The number of rotatable bonds is 11. The van der Waals surface area contributed by atoms with Crippen molar-refractivity contribution in [2.24, 2.45) is 0 Å². The predicted octanol–water partition coefficient (Wildman–Crippen LogP) is 6.83. The zero-order chi connectivity index (χ0) is 42.5. The number of benzene rings is 4. The number of carbonyl (C=O) groups is 2. The number of H-pyrrole nitrogens is 2. The summed E-state index contributed by atoms with van der Waals surface area (Å²) in [5.41, 5.74) is 0.882. The molecule has 4 aromatic heterocycles. The summed E-state index contributed by atoms with van der Waals surface area (Å²) in [6, 6.07) is 12.8. The molecule has 1 aliphatic carbocycles. The summed E-state index contributed by atoms with van der Waals surface area (Å²) >= 11 is 0. The number of furan rings is 2. The van der Waals surface area contributed by atoms with Crippen molar-refractivity contribution in [2.45, 2.75) is 43.9 Å². The SMILES string of the molecule is O=C(Nc1ccc(OC2CCC([n+]3nnc(-c4cc5occ(C(=O)Nc6ccc(O[C@H]7CCOC7)c(F)c6)c5cc4F)[nH]3)C2)c(F)c1)c1coc2cc(-c3nnn[nH]3)c(F)cc12. The Hall–Kier alpha value is -7.68. The molecule has 2 aliphatic rings. The zero-order valence-corrected chi connectivity index (χ0v) is 32.0. The summed E-state index contributed by atoms with van der Waals surface area (Å²) in [6.07, 6.45) is 3.91. The van der Waals surface area contributed by atoms with Crippen LogP contribution in [-0.4, -0.2) is 73.3 Å². The standard InChI is InChI=1S/C41H30F4N10O7/c42-30-12-24-28(17-59-36(24)14-26(30)38-48-52-53-49-38)40(56)46-19-1-5-34(32(44)9-19)61-22-4-3-21(11-22)55-51-39(50-54-55)27-15-37-25(13-31(27)43)29(18-60-37)41(57)47-20-2-6-35(33(45)10-20)62-23-7-8-58-16-23/h1-2,5-6,9-10,12-15,17-18,21-23H,3-4,7-8,11,16H2,(H3,46,47,48,49,52,53,56,57)/p+1/t21?,22?,23-/m0/s1. The van der Waals surface area contributed by atoms with E-state index in [2.05, 4.69) is 46.7 Å². The molecule has 2 fully saturated rings. The van der Waals surface area contributed by atoms with Crippen molar-refractivity contribution < 1.29 is 55.0 Å². The summed E-state index contributed by atoms with van der Waals surface area (Å²) in [4.78, 5) is 27.7. The zero-order valence-electron chi connectivity index (χ0n) is 32.0. The Kier molecular flexibility index (Phi) is 9.77. The third kappa shape index (κ3) is 7.42. The number of halogens is 4. The summed E-state index contributed by atoms with van der Waals surface area (Å²) in [5, 5.41) is 29.9. The van der Waals surface area contributed by atoms with Crippen LogP contribution in [-0.2, 0) is 4.74 Å². The highest BCUT2D eigenvalue weighted by Crippen LogP contribution is 2.34. The van der Waals surface area contributed by atoms with Crippen molar-refractivity contribution in [2.75, 3.05) is 23.8 Å². The quantitative estimate of drug-likeness (QED) is 0.0779. The lowest BCUT2D eigenvalue weighted by molar-refractivity contribution is -0.825. The first-order valence-corrected chi connectivity index (χ1v) is 19.3. The predicted molar refractivity (Wildman–Crippen MR) is 207 cm³/mol. The first kappa shape index (κ1) is 38.5. The smallest absolute Gasteiger partial charge is 0.316 e. The van der Waals surface area contributed by atoms with Crippen LogP contribution in [0.25, 0.3) is 44.7 Å². The number of ether oxygens (including phenoxy) is 3. The van der Waals surface area contributed by atoms with Crippen molar-refractivity contribution in [1.82, 2.24) is 36.0 Å². The summed E-state index contributed by atoms with van der Waals surface area (Å²) in [5.74, 6) is -3.85. The summed E-state index contributed by atoms with van der Waals surface area (Å²) in [7, 11) is 0. The Morgan fingerprint density at radius 3 is 1.89 bits per heavy atom. The summed E-state index contributed by atoms with van der Waals surface area (Å²) < 4.78 is 88.5. The van der Waals surface area contributed by atoms with Crippen LogP contribution in [0.2, 0.25) is 0 Å². The minimum absolute atomic E-state index is 0.0325. The molecular weight excluding hydrogens is 821 g/mol. The molecule has 0 spiro atoms. The molecule has 0 radical (unpaired) electrons. The van der Waals surface area contributed by atoms with Gasteiger partial charge in [-0.3, -0.25) is 9.59 Å². The molecule has 5 heterocycles. The minimum Gasteiger partial charge on any atom is -0.487 e. The number of aromatic amines is 2. The second-order valence-corrected chi connectivity index (χ2v) is 14.7.